The average molecular weight is 336 g/mol. The van der Waals surface area contributed by atoms with Gasteiger partial charge >= 0.3 is 6.09 Å². The lowest BCUT2D eigenvalue weighted by Gasteiger charge is -2.27. The number of halogens is 2. The standard InChI is InChI=1S/C16H18F2N4O2/c17-12-4-13(18)6-15(5-12)22-3-1-2-14(22)10-21-9-11(8-20-21)7-19-16(23)24/h4-6,8-9,14,19H,1-3,7,10H2,(H,23,24). The van der Waals surface area contributed by atoms with Gasteiger partial charge in [0.05, 0.1) is 12.7 Å². The van der Waals surface area contributed by atoms with E-state index < -0.39 is 17.7 Å². The Morgan fingerprint density at radius 1 is 1.33 bits per heavy atom. The van der Waals surface area contributed by atoms with E-state index in [1.807, 2.05) is 4.90 Å². The highest BCUT2D eigenvalue weighted by Crippen LogP contribution is 2.27. The molecule has 0 bridgehead atoms. The number of hydrogen-bond acceptors (Lipinski definition) is 3. The van der Waals surface area contributed by atoms with Crippen molar-refractivity contribution in [3.8, 4) is 0 Å². The van der Waals surface area contributed by atoms with Crippen molar-refractivity contribution in [2.24, 2.45) is 0 Å². The van der Waals surface area contributed by atoms with Gasteiger partial charge in [0, 0.05) is 42.6 Å². The normalized spacial score (nSPS) is 17.2. The van der Waals surface area contributed by atoms with Gasteiger partial charge in [0.1, 0.15) is 11.6 Å². The van der Waals surface area contributed by atoms with Gasteiger partial charge in [-0.1, -0.05) is 0 Å². The average Bonchev–Trinajstić information content (AvgIpc) is 3.14. The summed E-state index contributed by atoms with van der Waals surface area (Å²) < 4.78 is 28.6. The molecule has 3 rings (SSSR count). The Hall–Kier alpha value is -2.64. The zero-order valence-corrected chi connectivity index (χ0v) is 13.0. The van der Waals surface area contributed by atoms with Gasteiger partial charge in [-0.25, -0.2) is 13.6 Å². The first-order chi connectivity index (χ1) is 11.5. The highest BCUT2D eigenvalue weighted by Gasteiger charge is 2.26. The summed E-state index contributed by atoms with van der Waals surface area (Å²) in [5.74, 6) is -1.17. The van der Waals surface area contributed by atoms with Crippen molar-refractivity contribution >= 4 is 11.8 Å². The lowest BCUT2D eigenvalue weighted by molar-refractivity contribution is 0.194. The minimum absolute atomic E-state index is 0.0892. The summed E-state index contributed by atoms with van der Waals surface area (Å²) in [5, 5.41) is 15.1. The molecular formula is C16H18F2N4O2. The second kappa shape index (κ2) is 6.86. The second-order valence-corrected chi connectivity index (χ2v) is 5.85. The molecule has 1 fully saturated rings. The number of nitrogens with one attached hydrogen (secondary N) is 1. The van der Waals surface area contributed by atoms with Crippen LogP contribution in [0.3, 0.4) is 0 Å². The molecule has 24 heavy (non-hydrogen) atoms. The quantitative estimate of drug-likeness (QED) is 0.880. The van der Waals surface area contributed by atoms with Crippen LogP contribution in [-0.2, 0) is 13.1 Å². The molecule has 1 saturated heterocycles. The molecule has 1 unspecified atom stereocenters. The summed E-state index contributed by atoms with van der Waals surface area (Å²) in [7, 11) is 0. The van der Waals surface area contributed by atoms with Crippen LogP contribution < -0.4 is 10.2 Å². The smallest absolute Gasteiger partial charge is 0.404 e. The van der Waals surface area contributed by atoms with Crippen LogP contribution in [0, 0.1) is 11.6 Å². The Morgan fingerprint density at radius 2 is 2.08 bits per heavy atom. The maximum atomic E-state index is 13.4. The molecule has 8 heteroatoms. The van der Waals surface area contributed by atoms with Gasteiger partial charge in [-0.15, -0.1) is 0 Å². The molecule has 0 radical (unpaired) electrons. The first kappa shape index (κ1) is 16.2. The van der Waals surface area contributed by atoms with Gasteiger partial charge in [-0.3, -0.25) is 4.68 Å². The molecule has 2 heterocycles. The summed E-state index contributed by atoms with van der Waals surface area (Å²) in [5.41, 5.74) is 1.30. The number of carbonyl (C=O) groups is 1. The van der Waals surface area contributed by atoms with Gasteiger partial charge in [0.2, 0.25) is 0 Å². The van der Waals surface area contributed by atoms with E-state index in [4.69, 9.17) is 5.11 Å². The Morgan fingerprint density at radius 3 is 2.79 bits per heavy atom. The molecule has 1 aliphatic rings. The van der Waals surface area contributed by atoms with Crippen LogP contribution in [-0.4, -0.2) is 33.6 Å². The SMILES string of the molecule is O=C(O)NCc1cnn(CC2CCCN2c2cc(F)cc(F)c2)c1. The third kappa shape index (κ3) is 3.81. The minimum Gasteiger partial charge on any atom is -0.465 e. The molecule has 0 saturated carbocycles. The third-order valence-corrected chi connectivity index (χ3v) is 4.08. The van der Waals surface area contributed by atoms with E-state index in [0.29, 0.717) is 12.2 Å². The van der Waals surface area contributed by atoms with Crippen LogP contribution in [0.4, 0.5) is 19.3 Å². The van der Waals surface area contributed by atoms with E-state index in [1.165, 1.54) is 12.1 Å². The predicted molar refractivity (Wildman–Crippen MR) is 83.8 cm³/mol. The molecule has 2 aromatic rings. The lowest BCUT2D eigenvalue weighted by atomic mass is 10.2. The number of hydrogen-bond donors (Lipinski definition) is 2. The van der Waals surface area contributed by atoms with Gasteiger partial charge in [0.15, 0.2) is 0 Å². The van der Waals surface area contributed by atoms with Crippen molar-refractivity contribution in [3.63, 3.8) is 0 Å². The molecule has 2 N–H and O–H groups in total. The number of nitrogens with zero attached hydrogens (tertiary/aromatic N) is 3. The van der Waals surface area contributed by atoms with Crippen LogP contribution in [0.15, 0.2) is 30.6 Å². The fraction of sp³-hybridized carbons (Fsp3) is 0.375. The minimum atomic E-state index is -1.09. The highest BCUT2D eigenvalue weighted by atomic mass is 19.1. The molecular weight excluding hydrogens is 318 g/mol. The first-order valence-electron chi connectivity index (χ1n) is 7.72. The van der Waals surface area contributed by atoms with Crippen LogP contribution in [0.2, 0.25) is 0 Å². The number of rotatable bonds is 5. The predicted octanol–water partition coefficient (Wildman–Crippen LogP) is 2.60. The summed E-state index contributed by atoms with van der Waals surface area (Å²) >= 11 is 0. The molecule has 128 valence electrons. The Bertz CT molecular complexity index is 714. The third-order valence-electron chi connectivity index (χ3n) is 4.08. The molecule has 1 aromatic carbocycles. The fourth-order valence-corrected chi connectivity index (χ4v) is 3.06. The van der Waals surface area contributed by atoms with E-state index in [1.54, 1.807) is 17.1 Å². The van der Waals surface area contributed by atoms with E-state index in [0.717, 1.165) is 31.0 Å². The summed E-state index contributed by atoms with van der Waals surface area (Å²) in [6, 6.07) is 3.63. The van der Waals surface area contributed by atoms with Gasteiger partial charge in [-0.2, -0.15) is 5.10 Å². The van der Waals surface area contributed by atoms with E-state index in [9.17, 15) is 13.6 Å². The highest BCUT2D eigenvalue weighted by molar-refractivity contribution is 5.64. The molecule has 1 aliphatic heterocycles. The summed E-state index contributed by atoms with van der Waals surface area (Å²) in [6.45, 7) is 1.51. The van der Waals surface area contributed by atoms with E-state index >= 15 is 0 Å². The molecule has 1 aromatic heterocycles. The lowest BCUT2D eigenvalue weighted by Crippen LogP contribution is -2.33. The number of aromatic nitrogens is 2. The summed E-state index contributed by atoms with van der Waals surface area (Å²) in [4.78, 5) is 12.5. The molecule has 1 atom stereocenters. The first-order valence-corrected chi connectivity index (χ1v) is 7.72. The van der Waals surface area contributed by atoms with Crippen molar-refractivity contribution in [1.29, 1.82) is 0 Å². The van der Waals surface area contributed by atoms with Crippen molar-refractivity contribution in [2.75, 3.05) is 11.4 Å². The van der Waals surface area contributed by atoms with Crippen LogP contribution in [0.1, 0.15) is 18.4 Å². The maximum Gasteiger partial charge on any atom is 0.404 e. The second-order valence-electron chi connectivity index (χ2n) is 5.85. The van der Waals surface area contributed by atoms with Crippen molar-refractivity contribution < 1.29 is 18.7 Å². The number of amides is 1. The van der Waals surface area contributed by atoms with Gasteiger partial charge < -0.3 is 15.3 Å². The van der Waals surface area contributed by atoms with Crippen molar-refractivity contribution in [1.82, 2.24) is 15.1 Å². The Balaban J connectivity index is 1.69. The molecule has 0 aliphatic carbocycles. The zero-order chi connectivity index (χ0) is 17.1. The number of benzene rings is 1. The largest absolute Gasteiger partial charge is 0.465 e. The summed E-state index contributed by atoms with van der Waals surface area (Å²) in [6.07, 6.45) is 4.14. The number of anilines is 1. The monoisotopic (exact) mass is 336 g/mol. The number of carboxylic acid groups (broad SMARTS) is 1. The van der Waals surface area contributed by atoms with Crippen LogP contribution >= 0.6 is 0 Å². The maximum absolute atomic E-state index is 13.4. The fourth-order valence-electron chi connectivity index (χ4n) is 3.06. The van der Waals surface area contributed by atoms with Gasteiger partial charge in [-0.05, 0) is 25.0 Å². The zero-order valence-electron chi connectivity index (χ0n) is 13.0. The Kier molecular flexibility index (Phi) is 4.64. The van der Waals surface area contributed by atoms with E-state index in [2.05, 4.69) is 10.4 Å². The van der Waals surface area contributed by atoms with E-state index in [-0.39, 0.29) is 12.6 Å². The van der Waals surface area contributed by atoms with Crippen molar-refractivity contribution in [2.45, 2.75) is 32.0 Å². The van der Waals surface area contributed by atoms with Crippen molar-refractivity contribution in [3.05, 3.63) is 47.8 Å². The Labute approximate surface area is 137 Å². The van der Waals surface area contributed by atoms with Crippen LogP contribution in [0.5, 0.6) is 0 Å². The van der Waals surface area contributed by atoms with Gasteiger partial charge in [0.25, 0.3) is 0 Å². The molecule has 1 amide bonds. The molecule has 6 nitrogen and oxygen atoms in total. The topological polar surface area (TPSA) is 70.4 Å². The van der Waals surface area contributed by atoms with Crippen LogP contribution in [0.25, 0.3) is 0 Å². The molecule has 0 spiro atoms.